The average Bonchev–Trinajstić information content (AvgIpc) is 2.92. The third-order valence-corrected chi connectivity index (χ3v) is 3.44. The molecule has 0 saturated heterocycles. The van der Waals surface area contributed by atoms with E-state index in [1.807, 2.05) is 26.0 Å². The van der Waals surface area contributed by atoms with Crippen molar-refractivity contribution in [2.45, 2.75) is 13.8 Å². The summed E-state index contributed by atoms with van der Waals surface area (Å²) in [6.45, 7) is 3.70. The van der Waals surface area contributed by atoms with Crippen LogP contribution in [0, 0.1) is 13.8 Å². The van der Waals surface area contributed by atoms with E-state index in [0.717, 1.165) is 11.4 Å². The fourth-order valence-electron chi connectivity index (χ4n) is 2.12. The van der Waals surface area contributed by atoms with E-state index in [4.69, 9.17) is 20.9 Å². The first kappa shape index (κ1) is 16.1. The van der Waals surface area contributed by atoms with Crippen LogP contribution in [0.15, 0.2) is 34.9 Å². The average molecular weight is 346 g/mol. The van der Waals surface area contributed by atoms with Gasteiger partial charge in [0.15, 0.2) is 5.82 Å². The summed E-state index contributed by atoms with van der Waals surface area (Å²) in [5.41, 5.74) is 1.59. The lowest BCUT2D eigenvalue weighted by molar-refractivity contribution is 0.400. The molecule has 0 amide bonds. The number of methoxy groups -OCH3 is 1. The molecule has 0 bridgehead atoms. The standard InChI is InChI=1S/C16H16ClN5O2/c1-9-6-14(19-11-4-5-13(23-3)12(17)8-11)20-16(18-9)21-15-7-10(2)24-22-15/h4-8H,1-3H3,(H2,18,19,20,21,22). The van der Waals surface area contributed by atoms with Gasteiger partial charge in [0.25, 0.3) is 0 Å². The molecule has 3 rings (SSSR count). The molecule has 0 aliphatic rings. The van der Waals surface area contributed by atoms with E-state index in [0.29, 0.717) is 34.1 Å². The van der Waals surface area contributed by atoms with Crippen molar-refractivity contribution in [1.29, 1.82) is 0 Å². The zero-order chi connectivity index (χ0) is 17.1. The van der Waals surface area contributed by atoms with Crippen molar-refractivity contribution in [3.8, 4) is 5.75 Å². The molecule has 0 saturated carbocycles. The SMILES string of the molecule is COc1ccc(Nc2cc(C)nc(Nc3cc(C)on3)n2)cc1Cl. The number of nitrogens with zero attached hydrogens (tertiary/aromatic N) is 3. The Hall–Kier alpha value is -2.80. The summed E-state index contributed by atoms with van der Waals surface area (Å²) in [6, 6.07) is 9.01. The number of ether oxygens (including phenoxy) is 1. The second kappa shape index (κ2) is 6.76. The molecule has 2 N–H and O–H groups in total. The summed E-state index contributed by atoms with van der Waals surface area (Å²) >= 11 is 6.14. The van der Waals surface area contributed by atoms with E-state index in [-0.39, 0.29) is 0 Å². The fraction of sp³-hybridized carbons (Fsp3) is 0.188. The highest BCUT2D eigenvalue weighted by atomic mass is 35.5. The molecule has 8 heteroatoms. The van der Waals surface area contributed by atoms with E-state index < -0.39 is 0 Å². The number of aryl methyl sites for hydroxylation is 2. The van der Waals surface area contributed by atoms with Gasteiger partial charge in [0.05, 0.1) is 12.1 Å². The number of aromatic nitrogens is 3. The van der Waals surface area contributed by atoms with Crippen LogP contribution in [0.4, 0.5) is 23.3 Å². The molecule has 3 aromatic rings. The highest BCUT2D eigenvalue weighted by molar-refractivity contribution is 6.32. The van der Waals surface area contributed by atoms with Gasteiger partial charge in [-0.25, -0.2) is 4.98 Å². The summed E-state index contributed by atoms with van der Waals surface area (Å²) < 4.78 is 10.2. The maximum absolute atomic E-state index is 6.14. The van der Waals surface area contributed by atoms with Crippen molar-refractivity contribution in [3.63, 3.8) is 0 Å². The van der Waals surface area contributed by atoms with Crippen LogP contribution >= 0.6 is 11.6 Å². The number of halogens is 1. The Morgan fingerprint density at radius 2 is 1.88 bits per heavy atom. The maximum atomic E-state index is 6.14. The Bertz CT molecular complexity index is 865. The van der Waals surface area contributed by atoms with Gasteiger partial charge in [-0.15, -0.1) is 0 Å². The lowest BCUT2D eigenvalue weighted by Gasteiger charge is -2.10. The molecular formula is C16H16ClN5O2. The van der Waals surface area contributed by atoms with Crippen molar-refractivity contribution < 1.29 is 9.26 Å². The van der Waals surface area contributed by atoms with Crippen LogP contribution in [-0.2, 0) is 0 Å². The first-order valence-corrected chi connectivity index (χ1v) is 7.58. The molecule has 0 spiro atoms. The maximum Gasteiger partial charge on any atom is 0.230 e. The second-order valence-corrected chi connectivity index (χ2v) is 5.55. The number of rotatable bonds is 5. The molecule has 0 aliphatic carbocycles. The first-order chi connectivity index (χ1) is 11.5. The minimum Gasteiger partial charge on any atom is -0.495 e. The van der Waals surface area contributed by atoms with Crippen LogP contribution in [0.1, 0.15) is 11.5 Å². The molecule has 0 radical (unpaired) electrons. The van der Waals surface area contributed by atoms with Gasteiger partial charge >= 0.3 is 0 Å². The fourth-order valence-corrected chi connectivity index (χ4v) is 2.38. The zero-order valence-corrected chi connectivity index (χ0v) is 14.2. The van der Waals surface area contributed by atoms with Gasteiger partial charge in [-0.1, -0.05) is 16.8 Å². The zero-order valence-electron chi connectivity index (χ0n) is 13.4. The van der Waals surface area contributed by atoms with E-state index in [2.05, 4.69) is 25.8 Å². The Morgan fingerprint density at radius 3 is 2.54 bits per heavy atom. The normalized spacial score (nSPS) is 10.5. The molecule has 2 aromatic heterocycles. The van der Waals surface area contributed by atoms with Gasteiger partial charge < -0.3 is 19.9 Å². The van der Waals surface area contributed by atoms with Crippen molar-refractivity contribution in [1.82, 2.24) is 15.1 Å². The van der Waals surface area contributed by atoms with Gasteiger partial charge in [0, 0.05) is 23.5 Å². The van der Waals surface area contributed by atoms with Gasteiger partial charge in [-0.05, 0) is 32.0 Å². The van der Waals surface area contributed by atoms with Crippen LogP contribution in [0.2, 0.25) is 5.02 Å². The Labute approximate surface area is 144 Å². The monoisotopic (exact) mass is 345 g/mol. The molecule has 124 valence electrons. The molecule has 0 unspecified atom stereocenters. The van der Waals surface area contributed by atoms with Gasteiger partial charge in [0.1, 0.15) is 17.3 Å². The molecule has 1 aromatic carbocycles. The predicted octanol–water partition coefficient (Wildman–Crippen LogP) is 4.23. The predicted molar refractivity (Wildman–Crippen MR) is 92.6 cm³/mol. The van der Waals surface area contributed by atoms with Gasteiger partial charge in [0.2, 0.25) is 5.95 Å². The summed E-state index contributed by atoms with van der Waals surface area (Å²) in [7, 11) is 1.58. The summed E-state index contributed by atoms with van der Waals surface area (Å²) in [4.78, 5) is 8.75. The largest absolute Gasteiger partial charge is 0.495 e. The summed E-state index contributed by atoms with van der Waals surface area (Å²) in [5.74, 6) is 2.93. The minimum absolute atomic E-state index is 0.422. The van der Waals surface area contributed by atoms with Crippen molar-refractivity contribution >= 4 is 34.9 Å². The van der Waals surface area contributed by atoms with Crippen LogP contribution in [-0.4, -0.2) is 22.2 Å². The van der Waals surface area contributed by atoms with Crippen molar-refractivity contribution in [2.24, 2.45) is 0 Å². The number of hydrogen-bond acceptors (Lipinski definition) is 7. The smallest absolute Gasteiger partial charge is 0.230 e. The van der Waals surface area contributed by atoms with Crippen LogP contribution in [0.25, 0.3) is 0 Å². The number of hydrogen-bond donors (Lipinski definition) is 2. The summed E-state index contributed by atoms with van der Waals surface area (Å²) in [6.07, 6.45) is 0. The minimum atomic E-state index is 0.422. The van der Waals surface area contributed by atoms with Gasteiger partial charge in [-0.2, -0.15) is 4.98 Å². The third kappa shape index (κ3) is 3.75. The van der Waals surface area contributed by atoms with Crippen LogP contribution < -0.4 is 15.4 Å². The lowest BCUT2D eigenvalue weighted by atomic mass is 10.3. The van der Waals surface area contributed by atoms with Gasteiger partial charge in [-0.3, -0.25) is 0 Å². The van der Waals surface area contributed by atoms with Crippen LogP contribution in [0.3, 0.4) is 0 Å². The first-order valence-electron chi connectivity index (χ1n) is 7.20. The highest BCUT2D eigenvalue weighted by Gasteiger charge is 2.07. The van der Waals surface area contributed by atoms with Crippen molar-refractivity contribution in [3.05, 3.63) is 46.8 Å². The van der Waals surface area contributed by atoms with Crippen LogP contribution in [0.5, 0.6) is 5.75 Å². The molecular weight excluding hydrogens is 330 g/mol. The number of nitrogens with one attached hydrogen (secondary N) is 2. The Balaban J connectivity index is 1.82. The molecule has 7 nitrogen and oxygen atoms in total. The van der Waals surface area contributed by atoms with E-state index in [1.54, 1.807) is 25.3 Å². The molecule has 0 atom stereocenters. The molecule has 0 fully saturated rings. The summed E-state index contributed by atoms with van der Waals surface area (Å²) in [5, 5.41) is 10.6. The van der Waals surface area contributed by atoms with E-state index in [1.165, 1.54) is 0 Å². The van der Waals surface area contributed by atoms with Crippen molar-refractivity contribution in [2.75, 3.05) is 17.7 Å². The van der Waals surface area contributed by atoms with E-state index in [9.17, 15) is 0 Å². The third-order valence-electron chi connectivity index (χ3n) is 3.15. The number of benzene rings is 1. The molecule has 24 heavy (non-hydrogen) atoms. The number of anilines is 4. The second-order valence-electron chi connectivity index (χ2n) is 5.14. The van der Waals surface area contributed by atoms with E-state index >= 15 is 0 Å². The Morgan fingerprint density at radius 1 is 1.04 bits per heavy atom. The quantitative estimate of drug-likeness (QED) is 0.715. The topological polar surface area (TPSA) is 85.1 Å². The molecule has 0 aliphatic heterocycles. The molecule has 2 heterocycles. The lowest BCUT2D eigenvalue weighted by Crippen LogP contribution is -2.02. The highest BCUT2D eigenvalue weighted by Crippen LogP contribution is 2.28. The Kier molecular flexibility index (Phi) is 4.52.